The van der Waals surface area contributed by atoms with Crippen molar-refractivity contribution in [2.24, 2.45) is 0 Å². The fraction of sp³-hybridized carbons (Fsp3) is 0.105. The molecule has 0 radical (unpaired) electrons. The predicted octanol–water partition coefficient (Wildman–Crippen LogP) is 4.12. The highest BCUT2D eigenvalue weighted by molar-refractivity contribution is 7.99. The third kappa shape index (κ3) is 4.13. The van der Waals surface area contributed by atoms with E-state index in [0.29, 0.717) is 21.9 Å². The van der Waals surface area contributed by atoms with Crippen molar-refractivity contribution in [2.75, 3.05) is 5.75 Å². The summed E-state index contributed by atoms with van der Waals surface area (Å²) in [5, 5.41) is 7.85. The van der Waals surface area contributed by atoms with Gasteiger partial charge in [0.25, 0.3) is 5.56 Å². The van der Waals surface area contributed by atoms with Gasteiger partial charge in [-0.15, -0.1) is 22.7 Å². The van der Waals surface area contributed by atoms with E-state index >= 15 is 0 Å². The molecule has 0 aliphatic rings. The van der Waals surface area contributed by atoms with Crippen molar-refractivity contribution in [1.82, 2.24) is 15.3 Å². The number of rotatable bonds is 6. The summed E-state index contributed by atoms with van der Waals surface area (Å²) in [6.07, 6.45) is 0. The summed E-state index contributed by atoms with van der Waals surface area (Å²) in [6, 6.07) is 13.7. The molecule has 27 heavy (non-hydrogen) atoms. The molecule has 0 unspecified atom stereocenters. The van der Waals surface area contributed by atoms with Crippen molar-refractivity contribution < 1.29 is 4.79 Å². The molecular formula is C19H15N3O2S3. The molecule has 0 aliphatic heterocycles. The Bertz CT molecular complexity index is 1120. The van der Waals surface area contributed by atoms with E-state index in [0.717, 1.165) is 16.0 Å². The van der Waals surface area contributed by atoms with Crippen LogP contribution in [-0.2, 0) is 11.3 Å². The van der Waals surface area contributed by atoms with Crippen LogP contribution in [0.15, 0.2) is 63.2 Å². The number of H-pyrrole nitrogens is 1. The third-order valence-corrected chi connectivity index (χ3v) is 6.51. The lowest BCUT2D eigenvalue weighted by Crippen LogP contribution is -2.24. The molecular weight excluding hydrogens is 398 g/mol. The summed E-state index contributed by atoms with van der Waals surface area (Å²) < 4.78 is 0. The van der Waals surface area contributed by atoms with E-state index in [1.807, 2.05) is 53.2 Å². The molecule has 0 bridgehead atoms. The molecule has 8 heteroatoms. The lowest BCUT2D eigenvalue weighted by Gasteiger charge is -2.04. The maximum Gasteiger partial charge on any atom is 0.260 e. The first kappa shape index (κ1) is 18.0. The molecule has 1 amide bonds. The number of carbonyl (C=O) groups is 1. The summed E-state index contributed by atoms with van der Waals surface area (Å²) in [6.45, 7) is 0.519. The first-order chi connectivity index (χ1) is 13.2. The SMILES string of the molecule is O=C(CSc1nc2scc(-c3ccccc3)c2c(=O)[nH]1)NCc1cccs1. The van der Waals surface area contributed by atoms with Gasteiger partial charge in [-0.2, -0.15) is 0 Å². The highest BCUT2D eigenvalue weighted by Gasteiger charge is 2.13. The van der Waals surface area contributed by atoms with Crippen LogP contribution in [-0.4, -0.2) is 21.6 Å². The van der Waals surface area contributed by atoms with Crippen LogP contribution in [0.1, 0.15) is 4.88 Å². The van der Waals surface area contributed by atoms with Crippen molar-refractivity contribution in [2.45, 2.75) is 11.7 Å². The number of hydrogen-bond donors (Lipinski definition) is 2. The average Bonchev–Trinajstić information content (AvgIpc) is 3.35. The lowest BCUT2D eigenvalue weighted by molar-refractivity contribution is -0.118. The molecule has 5 nitrogen and oxygen atoms in total. The van der Waals surface area contributed by atoms with Gasteiger partial charge in [0, 0.05) is 15.8 Å². The van der Waals surface area contributed by atoms with E-state index in [9.17, 15) is 9.59 Å². The van der Waals surface area contributed by atoms with E-state index in [4.69, 9.17) is 0 Å². The highest BCUT2D eigenvalue weighted by atomic mass is 32.2. The Morgan fingerprint density at radius 1 is 1.15 bits per heavy atom. The van der Waals surface area contributed by atoms with Crippen LogP contribution in [0.4, 0.5) is 0 Å². The van der Waals surface area contributed by atoms with Crippen molar-refractivity contribution in [3.8, 4) is 11.1 Å². The van der Waals surface area contributed by atoms with Gasteiger partial charge >= 0.3 is 0 Å². The number of aromatic amines is 1. The zero-order valence-electron chi connectivity index (χ0n) is 14.1. The van der Waals surface area contributed by atoms with Crippen molar-refractivity contribution in [1.29, 1.82) is 0 Å². The average molecular weight is 414 g/mol. The number of hydrogen-bond acceptors (Lipinski definition) is 6. The molecule has 0 spiro atoms. The minimum absolute atomic E-state index is 0.0905. The van der Waals surface area contributed by atoms with Gasteiger partial charge in [-0.05, 0) is 17.0 Å². The molecule has 3 heterocycles. The summed E-state index contributed by atoms with van der Waals surface area (Å²) in [5.41, 5.74) is 1.69. The topological polar surface area (TPSA) is 74.8 Å². The van der Waals surface area contributed by atoms with Gasteiger partial charge in [-0.3, -0.25) is 9.59 Å². The van der Waals surface area contributed by atoms with Gasteiger partial charge in [-0.1, -0.05) is 48.2 Å². The fourth-order valence-corrected chi connectivity index (χ4v) is 4.95. The van der Waals surface area contributed by atoms with Crippen molar-refractivity contribution >= 4 is 50.6 Å². The first-order valence-corrected chi connectivity index (χ1v) is 10.9. The quantitative estimate of drug-likeness (QED) is 0.368. The number of amides is 1. The van der Waals surface area contributed by atoms with E-state index in [1.165, 1.54) is 23.1 Å². The molecule has 0 fully saturated rings. The Morgan fingerprint density at radius 3 is 2.78 bits per heavy atom. The second-order valence-electron chi connectivity index (χ2n) is 5.71. The van der Waals surface area contributed by atoms with Crippen LogP contribution in [0.2, 0.25) is 0 Å². The Hall–Kier alpha value is -2.42. The second-order valence-corrected chi connectivity index (χ2v) is 8.57. The summed E-state index contributed by atoms with van der Waals surface area (Å²) in [7, 11) is 0. The van der Waals surface area contributed by atoms with Gasteiger partial charge in [0.15, 0.2) is 5.16 Å². The largest absolute Gasteiger partial charge is 0.350 e. The van der Waals surface area contributed by atoms with Gasteiger partial charge in [0.2, 0.25) is 5.91 Å². The number of thioether (sulfide) groups is 1. The number of thiophene rings is 2. The van der Waals surface area contributed by atoms with Crippen LogP contribution in [0.3, 0.4) is 0 Å². The smallest absolute Gasteiger partial charge is 0.260 e. The fourth-order valence-electron chi connectivity index (χ4n) is 2.61. The van der Waals surface area contributed by atoms with E-state index < -0.39 is 0 Å². The zero-order valence-corrected chi connectivity index (χ0v) is 16.5. The number of benzene rings is 1. The van der Waals surface area contributed by atoms with Crippen LogP contribution >= 0.6 is 34.4 Å². The molecule has 0 saturated carbocycles. The Kier molecular flexibility index (Phi) is 5.38. The molecule has 4 aromatic rings. The highest BCUT2D eigenvalue weighted by Crippen LogP contribution is 2.31. The molecule has 136 valence electrons. The lowest BCUT2D eigenvalue weighted by atomic mass is 10.1. The van der Waals surface area contributed by atoms with Crippen LogP contribution in [0.25, 0.3) is 21.3 Å². The molecule has 4 rings (SSSR count). The molecule has 3 aromatic heterocycles. The zero-order chi connectivity index (χ0) is 18.6. The van der Waals surface area contributed by atoms with Crippen LogP contribution in [0.5, 0.6) is 0 Å². The summed E-state index contributed by atoms with van der Waals surface area (Å²) >= 11 is 4.27. The number of nitrogens with one attached hydrogen (secondary N) is 2. The van der Waals surface area contributed by atoms with Gasteiger partial charge in [0.1, 0.15) is 4.83 Å². The normalized spacial score (nSPS) is 11.0. The van der Waals surface area contributed by atoms with Crippen LogP contribution < -0.4 is 10.9 Å². The monoisotopic (exact) mass is 413 g/mol. The number of nitrogens with zero attached hydrogens (tertiary/aromatic N) is 1. The standard InChI is InChI=1S/C19H15N3O2S3/c23-15(20-9-13-7-4-8-25-13)11-27-19-21-17(24)16-14(10-26-18(16)22-19)12-5-2-1-3-6-12/h1-8,10H,9,11H2,(H,20,23)(H,21,22,24). The van der Waals surface area contributed by atoms with E-state index in [1.54, 1.807) is 11.3 Å². The summed E-state index contributed by atoms with van der Waals surface area (Å²) in [4.78, 5) is 33.7. The molecule has 1 aromatic carbocycles. The molecule has 0 aliphatic carbocycles. The van der Waals surface area contributed by atoms with Gasteiger partial charge in [0.05, 0.1) is 17.7 Å². The van der Waals surface area contributed by atoms with Gasteiger partial charge < -0.3 is 10.3 Å². The van der Waals surface area contributed by atoms with E-state index in [2.05, 4.69) is 15.3 Å². The minimum atomic E-state index is -0.179. The molecule has 2 N–H and O–H groups in total. The van der Waals surface area contributed by atoms with Crippen molar-refractivity contribution in [3.05, 3.63) is 68.5 Å². The Morgan fingerprint density at radius 2 is 2.00 bits per heavy atom. The Balaban J connectivity index is 1.47. The number of fused-ring (bicyclic) bond motifs is 1. The maximum absolute atomic E-state index is 12.6. The second kappa shape index (κ2) is 8.08. The number of carbonyl (C=O) groups excluding carboxylic acids is 1. The van der Waals surface area contributed by atoms with Crippen LogP contribution in [0, 0.1) is 0 Å². The maximum atomic E-state index is 12.6. The summed E-state index contributed by atoms with van der Waals surface area (Å²) in [5.74, 6) is 0.115. The third-order valence-electron chi connectivity index (χ3n) is 3.89. The molecule has 0 saturated heterocycles. The number of aromatic nitrogens is 2. The Labute approximate surface area is 167 Å². The van der Waals surface area contributed by atoms with Crippen molar-refractivity contribution in [3.63, 3.8) is 0 Å². The minimum Gasteiger partial charge on any atom is -0.350 e. The van der Waals surface area contributed by atoms with E-state index in [-0.39, 0.29) is 17.2 Å². The van der Waals surface area contributed by atoms with Gasteiger partial charge in [-0.25, -0.2) is 4.98 Å². The molecule has 0 atom stereocenters. The first-order valence-electron chi connectivity index (χ1n) is 8.19. The predicted molar refractivity (Wildman–Crippen MR) is 113 cm³/mol.